The molecule has 0 N–H and O–H groups in total. The summed E-state index contributed by atoms with van der Waals surface area (Å²) in [6, 6.07) is 5.85. The normalized spacial score (nSPS) is 10.6. The number of likely N-dealkylation sites (N-methyl/N-ethyl adjacent to an activating group) is 1. The van der Waals surface area contributed by atoms with E-state index in [1.165, 1.54) is 32.4 Å². The summed E-state index contributed by atoms with van der Waals surface area (Å²) < 4.78 is 12.5. The van der Waals surface area contributed by atoms with Crippen molar-refractivity contribution >= 4 is 12.0 Å². The van der Waals surface area contributed by atoms with Crippen LogP contribution in [0.15, 0.2) is 30.3 Å². The van der Waals surface area contributed by atoms with Gasteiger partial charge in [-0.2, -0.15) is 0 Å². The standard InChI is InChI=1S/C11H12FNO2/c1-13(15-2)11(14)8-5-9-3-6-10(12)7-4-9/h3-8H,1-2H3/b8-5+. The zero-order chi connectivity index (χ0) is 11.3. The Morgan fingerprint density at radius 1 is 1.40 bits per heavy atom. The maximum absolute atomic E-state index is 12.5. The third kappa shape index (κ3) is 3.52. The Kier molecular flexibility index (Phi) is 4.00. The van der Waals surface area contributed by atoms with Gasteiger partial charge in [-0.05, 0) is 23.8 Å². The molecule has 0 bridgehead atoms. The van der Waals surface area contributed by atoms with Gasteiger partial charge in [-0.15, -0.1) is 0 Å². The van der Waals surface area contributed by atoms with Gasteiger partial charge in [-0.3, -0.25) is 9.63 Å². The van der Waals surface area contributed by atoms with Gasteiger partial charge in [0.2, 0.25) is 0 Å². The molecule has 0 unspecified atom stereocenters. The minimum atomic E-state index is -0.299. The van der Waals surface area contributed by atoms with Crippen LogP contribution in [0.1, 0.15) is 5.56 Å². The Hall–Kier alpha value is -1.68. The van der Waals surface area contributed by atoms with Crippen LogP contribution in [0.4, 0.5) is 4.39 Å². The number of hydroxylamine groups is 2. The molecule has 0 aliphatic rings. The van der Waals surface area contributed by atoms with Crippen LogP contribution in [-0.2, 0) is 9.63 Å². The van der Waals surface area contributed by atoms with E-state index in [9.17, 15) is 9.18 Å². The molecule has 1 aromatic carbocycles. The van der Waals surface area contributed by atoms with Crippen LogP contribution in [0.5, 0.6) is 0 Å². The molecule has 0 spiro atoms. The Morgan fingerprint density at radius 3 is 2.53 bits per heavy atom. The lowest BCUT2D eigenvalue weighted by atomic mass is 10.2. The van der Waals surface area contributed by atoms with Crippen molar-refractivity contribution in [1.29, 1.82) is 0 Å². The van der Waals surface area contributed by atoms with Gasteiger partial charge < -0.3 is 0 Å². The second-order valence-corrected chi connectivity index (χ2v) is 2.90. The number of hydrogen-bond acceptors (Lipinski definition) is 2. The van der Waals surface area contributed by atoms with Crippen molar-refractivity contribution < 1.29 is 14.0 Å². The highest BCUT2D eigenvalue weighted by molar-refractivity contribution is 5.90. The van der Waals surface area contributed by atoms with E-state index in [-0.39, 0.29) is 11.7 Å². The molecule has 0 aliphatic carbocycles. The van der Waals surface area contributed by atoms with Gasteiger partial charge in [0.25, 0.3) is 5.91 Å². The van der Waals surface area contributed by atoms with E-state index >= 15 is 0 Å². The van der Waals surface area contributed by atoms with E-state index in [0.717, 1.165) is 10.6 Å². The first-order valence-corrected chi connectivity index (χ1v) is 4.39. The molecule has 0 aromatic heterocycles. The summed E-state index contributed by atoms with van der Waals surface area (Å²) in [6.45, 7) is 0. The van der Waals surface area contributed by atoms with E-state index in [4.69, 9.17) is 4.84 Å². The maximum Gasteiger partial charge on any atom is 0.269 e. The number of amides is 1. The average molecular weight is 209 g/mol. The Bertz CT molecular complexity index is 359. The van der Waals surface area contributed by atoms with Gasteiger partial charge in [0.05, 0.1) is 7.11 Å². The van der Waals surface area contributed by atoms with E-state index < -0.39 is 0 Å². The summed E-state index contributed by atoms with van der Waals surface area (Å²) in [5.41, 5.74) is 0.759. The fourth-order valence-corrected chi connectivity index (χ4v) is 0.936. The molecular formula is C11H12FNO2. The molecule has 0 aliphatic heterocycles. The van der Waals surface area contributed by atoms with Crippen LogP contribution < -0.4 is 0 Å². The van der Waals surface area contributed by atoms with E-state index in [1.807, 2.05) is 0 Å². The molecule has 1 amide bonds. The first kappa shape index (κ1) is 11.4. The van der Waals surface area contributed by atoms with Crippen LogP contribution in [0.3, 0.4) is 0 Å². The van der Waals surface area contributed by atoms with E-state index in [1.54, 1.807) is 18.2 Å². The number of halogens is 1. The Morgan fingerprint density at radius 2 is 2.00 bits per heavy atom. The second-order valence-electron chi connectivity index (χ2n) is 2.90. The van der Waals surface area contributed by atoms with Crippen molar-refractivity contribution in [3.05, 3.63) is 41.7 Å². The monoisotopic (exact) mass is 209 g/mol. The number of rotatable bonds is 3. The SMILES string of the molecule is CON(C)C(=O)/C=C/c1ccc(F)cc1. The van der Waals surface area contributed by atoms with Crippen molar-refractivity contribution in [3.63, 3.8) is 0 Å². The zero-order valence-corrected chi connectivity index (χ0v) is 8.61. The van der Waals surface area contributed by atoms with Crippen LogP contribution in [0.25, 0.3) is 6.08 Å². The fourth-order valence-electron chi connectivity index (χ4n) is 0.936. The molecule has 0 fully saturated rings. The lowest BCUT2D eigenvalue weighted by Gasteiger charge is -2.09. The van der Waals surface area contributed by atoms with Crippen molar-refractivity contribution in [3.8, 4) is 0 Å². The summed E-state index contributed by atoms with van der Waals surface area (Å²) >= 11 is 0. The summed E-state index contributed by atoms with van der Waals surface area (Å²) in [6.07, 6.45) is 2.95. The summed E-state index contributed by atoms with van der Waals surface area (Å²) in [5.74, 6) is -0.575. The molecule has 0 saturated carbocycles. The molecule has 0 saturated heterocycles. The van der Waals surface area contributed by atoms with Gasteiger partial charge in [-0.1, -0.05) is 12.1 Å². The van der Waals surface area contributed by atoms with Gasteiger partial charge in [0, 0.05) is 13.1 Å². The molecule has 0 radical (unpaired) electrons. The molecule has 80 valence electrons. The van der Waals surface area contributed by atoms with Crippen molar-refractivity contribution in [1.82, 2.24) is 5.06 Å². The van der Waals surface area contributed by atoms with Crippen LogP contribution in [-0.4, -0.2) is 25.1 Å². The molecule has 4 heteroatoms. The molecule has 3 nitrogen and oxygen atoms in total. The van der Waals surface area contributed by atoms with Gasteiger partial charge in [-0.25, -0.2) is 9.45 Å². The van der Waals surface area contributed by atoms with Crippen molar-refractivity contribution in [2.75, 3.05) is 14.2 Å². The Balaban J connectivity index is 2.65. The highest BCUT2D eigenvalue weighted by Gasteiger charge is 2.01. The van der Waals surface area contributed by atoms with Gasteiger partial charge >= 0.3 is 0 Å². The first-order chi connectivity index (χ1) is 7.13. The quantitative estimate of drug-likeness (QED) is 0.561. The smallest absolute Gasteiger partial charge is 0.269 e. The number of benzene rings is 1. The van der Waals surface area contributed by atoms with E-state index in [2.05, 4.69) is 0 Å². The minimum Gasteiger partial charge on any atom is -0.274 e. The highest BCUT2D eigenvalue weighted by Crippen LogP contribution is 2.04. The molecule has 0 heterocycles. The summed E-state index contributed by atoms with van der Waals surface area (Å²) in [7, 11) is 2.92. The number of carbonyl (C=O) groups excluding carboxylic acids is 1. The predicted octanol–water partition coefficient (Wildman–Crippen LogP) is 1.86. The second kappa shape index (κ2) is 5.26. The number of nitrogens with zero attached hydrogens (tertiary/aromatic N) is 1. The zero-order valence-electron chi connectivity index (χ0n) is 8.61. The van der Waals surface area contributed by atoms with Crippen molar-refractivity contribution in [2.24, 2.45) is 0 Å². The summed E-state index contributed by atoms with van der Waals surface area (Å²) in [4.78, 5) is 15.9. The predicted molar refractivity (Wildman–Crippen MR) is 55.2 cm³/mol. The minimum absolute atomic E-state index is 0.276. The molecule has 0 atom stereocenters. The topological polar surface area (TPSA) is 29.5 Å². The average Bonchev–Trinajstić information content (AvgIpc) is 2.26. The van der Waals surface area contributed by atoms with Crippen LogP contribution in [0.2, 0.25) is 0 Å². The van der Waals surface area contributed by atoms with Crippen LogP contribution in [0, 0.1) is 5.82 Å². The third-order valence-electron chi connectivity index (χ3n) is 1.87. The largest absolute Gasteiger partial charge is 0.274 e. The molecule has 1 rings (SSSR count). The number of hydrogen-bond donors (Lipinski definition) is 0. The van der Waals surface area contributed by atoms with Gasteiger partial charge in [0.1, 0.15) is 5.82 Å². The van der Waals surface area contributed by atoms with Crippen molar-refractivity contribution in [2.45, 2.75) is 0 Å². The Labute approximate surface area is 87.7 Å². The fraction of sp³-hybridized carbons (Fsp3) is 0.182. The summed E-state index contributed by atoms with van der Waals surface area (Å²) in [5, 5.41) is 1.10. The van der Waals surface area contributed by atoms with Gasteiger partial charge in [0.15, 0.2) is 0 Å². The maximum atomic E-state index is 12.5. The first-order valence-electron chi connectivity index (χ1n) is 4.39. The van der Waals surface area contributed by atoms with Crippen LogP contribution >= 0.6 is 0 Å². The third-order valence-corrected chi connectivity index (χ3v) is 1.87. The highest BCUT2D eigenvalue weighted by atomic mass is 19.1. The number of carbonyl (C=O) groups is 1. The lowest BCUT2D eigenvalue weighted by Crippen LogP contribution is -2.22. The van der Waals surface area contributed by atoms with E-state index in [0.29, 0.717) is 0 Å². The molecular weight excluding hydrogens is 197 g/mol. The molecule has 15 heavy (non-hydrogen) atoms. The lowest BCUT2D eigenvalue weighted by molar-refractivity contribution is -0.162. The molecule has 1 aromatic rings.